The van der Waals surface area contributed by atoms with Gasteiger partial charge in [-0.2, -0.15) is 5.10 Å². The lowest BCUT2D eigenvalue weighted by molar-refractivity contribution is 0.450. The van der Waals surface area contributed by atoms with Crippen LogP contribution < -0.4 is 5.43 Å². The number of hydrogen-bond donors (Lipinski definition) is 3. The van der Waals surface area contributed by atoms with E-state index in [2.05, 4.69) is 15.5 Å². The van der Waals surface area contributed by atoms with Crippen molar-refractivity contribution in [2.45, 2.75) is 0 Å². The van der Waals surface area contributed by atoms with Gasteiger partial charge in [-0.3, -0.25) is 5.43 Å². The Hall–Kier alpha value is -3.60. The molecule has 5 nitrogen and oxygen atoms in total. The Balaban J connectivity index is 1.78. The van der Waals surface area contributed by atoms with E-state index in [1.165, 1.54) is 18.3 Å². The molecule has 0 spiro atoms. The van der Waals surface area contributed by atoms with Gasteiger partial charge in [0.05, 0.1) is 22.9 Å². The number of rotatable bonds is 3. The smallest absolute Gasteiger partial charge is 0.128 e. The average Bonchev–Trinajstić information content (AvgIpc) is 2.63. The van der Waals surface area contributed by atoms with Crippen LogP contribution in [0.1, 0.15) is 5.56 Å². The maximum absolute atomic E-state index is 9.84. The number of nitrogens with zero attached hydrogens (tertiary/aromatic N) is 2. The van der Waals surface area contributed by atoms with E-state index in [0.29, 0.717) is 5.56 Å². The Labute approximate surface area is 143 Å². The Morgan fingerprint density at radius 1 is 0.840 bits per heavy atom. The number of aromatic hydroxyl groups is 2. The lowest BCUT2D eigenvalue weighted by Crippen LogP contribution is -1.95. The van der Waals surface area contributed by atoms with E-state index >= 15 is 0 Å². The topological polar surface area (TPSA) is 77.7 Å². The quantitative estimate of drug-likeness (QED) is 0.298. The zero-order valence-corrected chi connectivity index (χ0v) is 13.2. The summed E-state index contributed by atoms with van der Waals surface area (Å²) in [6.07, 6.45) is 1.51. The molecular weight excluding hydrogens is 314 g/mol. The second-order valence-corrected chi connectivity index (χ2v) is 5.63. The van der Waals surface area contributed by atoms with Gasteiger partial charge in [0.15, 0.2) is 0 Å². The minimum absolute atomic E-state index is 0.00808. The highest BCUT2D eigenvalue weighted by Crippen LogP contribution is 2.30. The van der Waals surface area contributed by atoms with Gasteiger partial charge < -0.3 is 10.2 Å². The third kappa shape index (κ3) is 2.83. The van der Waals surface area contributed by atoms with E-state index in [1.54, 1.807) is 6.07 Å². The van der Waals surface area contributed by atoms with Crippen molar-refractivity contribution in [3.63, 3.8) is 0 Å². The molecule has 5 heteroatoms. The zero-order chi connectivity index (χ0) is 17.2. The van der Waals surface area contributed by atoms with Crippen molar-refractivity contribution < 1.29 is 10.2 Å². The molecule has 0 saturated carbocycles. The molecule has 0 radical (unpaired) electrons. The van der Waals surface area contributed by atoms with Crippen molar-refractivity contribution in [1.29, 1.82) is 0 Å². The van der Waals surface area contributed by atoms with Crippen LogP contribution >= 0.6 is 0 Å². The number of hydrogen-bond acceptors (Lipinski definition) is 5. The second-order valence-electron chi connectivity index (χ2n) is 5.63. The van der Waals surface area contributed by atoms with Crippen LogP contribution in [0.2, 0.25) is 0 Å². The Bertz CT molecular complexity index is 1050. The Morgan fingerprint density at radius 3 is 2.12 bits per heavy atom. The van der Waals surface area contributed by atoms with Crippen LogP contribution in [0.3, 0.4) is 0 Å². The number of aromatic nitrogens is 1. The fraction of sp³-hybridized carbons (Fsp3) is 0. The molecule has 0 aliphatic heterocycles. The number of hydrazone groups is 1. The SMILES string of the molecule is Oc1ccc(/C=N/Nc2c3ccccc3nc3ccccc23)c(O)c1. The van der Waals surface area contributed by atoms with Crippen LogP contribution in [-0.2, 0) is 0 Å². The summed E-state index contributed by atoms with van der Waals surface area (Å²) in [5.41, 5.74) is 6.20. The number of pyridine rings is 1. The minimum Gasteiger partial charge on any atom is -0.508 e. The summed E-state index contributed by atoms with van der Waals surface area (Å²) in [5.74, 6) is -0.0243. The highest BCUT2D eigenvalue weighted by Gasteiger charge is 2.07. The van der Waals surface area contributed by atoms with E-state index in [1.807, 2.05) is 48.5 Å². The van der Waals surface area contributed by atoms with E-state index in [4.69, 9.17) is 0 Å². The van der Waals surface area contributed by atoms with E-state index in [-0.39, 0.29) is 11.5 Å². The second kappa shape index (κ2) is 6.13. The first-order valence-corrected chi connectivity index (χ1v) is 7.81. The predicted octanol–water partition coefficient (Wildman–Crippen LogP) is 4.25. The van der Waals surface area contributed by atoms with Gasteiger partial charge in [-0.25, -0.2) is 4.98 Å². The number of benzene rings is 3. The molecule has 4 rings (SSSR count). The fourth-order valence-corrected chi connectivity index (χ4v) is 2.77. The van der Waals surface area contributed by atoms with Gasteiger partial charge in [0.1, 0.15) is 11.5 Å². The molecule has 0 fully saturated rings. The monoisotopic (exact) mass is 329 g/mol. The molecule has 0 atom stereocenters. The van der Waals surface area contributed by atoms with Crippen LogP contribution in [0, 0.1) is 0 Å². The van der Waals surface area contributed by atoms with Gasteiger partial charge in [-0.15, -0.1) is 0 Å². The summed E-state index contributed by atoms with van der Waals surface area (Å²) in [4.78, 5) is 4.67. The van der Waals surface area contributed by atoms with Crippen LogP contribution in [0.15, 0.2) is 71.8 Å². The molecule has 3 N–H and O–H groups in total. The number of anilines is 1. The summed E-state index contributed by atoms with van der Waals surface area (Å²) >= 11 is 0. The molecule has 1 heterocycles. The fourth-order valence-electron chi connectivity index (χ4n) is 2.77. The summed E-state index contributed by atoms with van der Waals surface area (Å²) in [5, 5.41) is 25.4. The molecule has 25 heavy (non-hydrogen) atoms. The Morgan fingerprint density at radius 2 is 1.48 bits per heavy atom. The van der Waals surface area contributed by atoms with Crippen molar-refractivity contribution >= 4 is 33.7 Å². The summed E-state index contributed by atoms with van der Waals surface area (Å²) in [6, 6.07) is 20.1. The zero-order valence-electron chi connectivity index (χ0n) is 13.2. The summed E-state index contributed by atoms with van der Waals surface area (Å²) in [6.45, 7) is 0. The van der Waals surface area contributed by atoms with Crippen molar-refractivity contribution in [2.75, 3.05) is 5.43 Å². The third-order valence-electron chi connectivity index (χ3n) is 3.98. The predicted molar refractivity (Wildman–Crippen MR) is 100 cm³/mol. The first-order valence-electron chi connectivity index (χ1n) is 7.81. The highest BCUT2D eigenvalue weighted by molar-refractivity contribution is 6.07. The number of phenols is 2. The van der Waals surface area contributed by atoms with Crippen molar-refractivity contribution in [1.82, 2.24) is 4.98 Å². The first kappa shape index (κ1) is 15.0. The van der Waals surface area contributed by atoms with E-state index in [0.717, 1.165) is 27.5 Å². The largest absolute Gasteiger partial charge is 0.508 e. The van der Waals surface area contributed by atoms with Crippen LogP contribution in [0.4, 0.5) is 5.69 Å². The van der Waals surface area contributed by atoms with Crippen molar-refractivity contribution in [3.8, 4) is 11.5 Å². The van der Waals surface area contributed by atoms with Gasteiger partial charge >= 0.3 is 0 Å². The van der Waals surface area contributed by atoms with Crippen LogP contribution in [0.25, 0.3) is 21.8 Å². The van der Waals surface area contributed by atoms with Gasteiger partial charge in [0.2, 0.25) is 0 Å². The molecule has 0 bridgehead atoms. The lowest BCUT2D eigenvalue weighted by atomic mass is 10.1. The van der Waals surface area contributed by atoms with E-state index < -0.39 is 0 Å². The molecular formula is C20H15N3O2. The summed E-state index contributed by atoms with van der Waals surface area (Å²) in [7, 11) is 0. The van der Waals surface area contributed by atoms with Crippen molar-refractivity contribution in [2.24, 2.45) is 5.10 Å². The normalized spacial score (nSPS) is 11.4. The molecule has 0 saturated heterocycles. The molecule has 0 amide bonds. The first-order chi connectivity index (χ1) is 12.2. The Kier molecular flexibility index (Phi) is 3.67. The highest BCUT2D eigenvalue weighted by atomic mass is 16.3. The molecule has 1 aromatic heterocycles. The third-order valence-corrected chi connectivity index (χ3v) is 3.98. The minimum atomic E-state index is -0.0324. The number of para-hydroxylation sites is 2. The van der Waals surface area contributed by atoms with Gasteiger partial charge in [-0.1, -0.05) is 36.4 Å². The van der Waals surface area contributed by atoms with Crippen molar-refractivity contribution in [3.05, 3.63) is 72.3 Å². The number of fused-ring (bicyclic) bond motifs is 2. The van der Waals surface area contributed by atoms with Gasteiger partial charge in [-0.05, 0) is 24.3 Å². The van der Waals surface area contributed by atoms with E-state index in [9.17, 15) is 10.2 Å². The maximum Gasteiger partial charge on any atom is 0.128 e. The molecule has 0 aliphatic carbocycles. The molecule has 4 aromatic rings. The average molecular weight is 329 g/mol. The molecule has 0 unspecified atom stereocenters. The molecule has 3 aromatic carbocycles. The van der Waals surface area contributed by atoms with Crippen LogP contribution in [-0.4, -0.2) is 21.4 Å². The van der Waals surface area contributed by atoms with Crippen LogP contribution in [0.5, 0.6) is 11.5 Å². The molecule has 0 aliphatic rings. The van der Waals surface area contributed by atoms with Gasteiger partial charge in [0, 0.05) is 22.4 Å². The van der Waals surface area contributed by atoms with Gasteiger partial charge in [0.25, 0.3) is 0 Å². The lowest BCUT2D eigenvalue weighted by Gasteiger charge is -2.10. The summed E-state index contributed by atoms with van der Waals surface area (Å²) < 4.78 is 0. The molecule has 122 valence electrons. The maximum atomic E-state index is 9.84. The standard InChI is InChI=1S/C20H15N3O2/c24-14-10-9-13(19(25)11-14)12-21-23-20-15-5-1-3-7-17(15)22-18-8-4-2-6-16(18)20/h1-12,24-25H,(H,22,23)/b21-12+. The number of nitrogens with one attached hydrogen (secondary N) is 1. The number of phenolic OH excluding ortho intramolecular Hbond substituents is 2.